The quantitative estimate of drug-likeness (QED) is 0.228. The van der Waals surface area contributed by atoms with Gasteiger partial charge in [-0.25, -0.2) is 4.79 Å². The number of hydrogen-bond donors (Lipinski definition) is 6. The number of carboxylic acid groups (broad SMARTS) is 2. The van der Waals surface area contributed by atoms with E-state index in [4.69, 9.17) is 21.7 Å². The Balaban J connectivity index is 4.17. The van der Waals surface area contributed by atoms with Gasteiger partial charge in [-0.15, -0.1) is 0 Å². The van der Waals surface area contributed by atoms with Gasteiger partial charge in [-0.2, -0.15) is 0 Å². The van der Waals surface area contributed by atoms with Crippen LogP contribution in [-0.2, 0) is 19.2 Å². The standard InChI is InChI=1S/C12H22N4O6/c13-4-2-1-3-7(14)11(20)15-6-9(17)16-8(12(21)22)5-10(18)19/h7-8H,1-6,13-14H2,(H,15,20)(H,16,17)(H,18,19)(H,21,22). The van der Waals surface area contributed by atoms with Crippen LogP contribution in [0.15, 0.2) is 0 Å². The van der Waals surface area contributed by atoms with Crippen molar-refractivity contribution in [1.82, 2.24) is 10.6 Å². The lowest BCUT2D eigenvalue weighted by Crippen LogP contribution is -2.49. The van der Waals surface area contributed by atoms with E-state index < -0.39 is 48.8 Å². The number of amides is 2. The number of carbonyl (C=O) groups is 4. The molecule has 0 saturated heterocycles. The maximum Gasteiger partial charge on any atom is 0.326 e. The number of aliphatic carboxylic acids is 2. The molecule has 0 aliphatic rings. The fourth-order valence-electron chi connectivity index (χ4n) is 1.56. The summed E-state index contributed by atoms with van der Waals surface area (Å²) in [6.07, 6.45) is 1.07. The Hall–Kier alpha value is -2.20. The van der Waals surface area contributed by atoms with E-state index in [1.165, 1.54) is 0 Å². The van der Waals surface area contributed by atoms with E-state index >= 15 is 0 Å². The molecule has 2 atom stereocenters. The summed E-state index contributed by atoms with van der Waals surface area (Å²) in [5.41, 5.74) is 10.9. The van der Waals surface area contributed by atoms with E-state index in [2.05, 4.69) is 5.32 Å². The van der Waals surface area contributed by atoms with Crippen LogP contribution in [0.1, 0.15) is 25.7 Å². The molecule has 0 saturated carbocycles. The van der Waals surface area contributed by atoms with Crippen LogP contribution in [-0.4, -0.2) is 59.1 Å². The molecule has 0 fully saturated rings. The van der Waals surface area contributed by atoms with E-state index in [1.807, 2.05) is 5.32 Å². The first kappa shape index (κ1) is 19.8. The Morgan fingerprint density at radius 1 is 1.09 bits per heavy atom. The number of unbranched alkanes of at least 4 members (excludes halogenated alkanes) is 1. The molecule has 0 aliphatic carbocycles. The van der Waals surface area contributed by atoms with Gasteiger partial charge < -0.3 is 32.3 Å². The van der Waals surface area contributed by atoms with E-state index in [1.54, 1.807) is 0 Å². The highest BCUT2D eigenvalue weighted by atomic mass is 16.4. The minimum atomic E-state index is -1.56. The van der Waals surface area contributed by atoms with Crippen molar-refractivity contribution in [3.63, 3.8) is 0 Å². The van der Waals surface area contributed by atoms with E-state index in [0.717, 1.165) is 6.42 Å². The van der Waals surface area contributed by atoms with Gasteiger partial charge >= 0.3 is 11.9 Å². The van der Waals surface area contributed by atoms with Crippen LogP contribution in [0.3, 0.4) is 0 Å². The van der Waals surface area contributed by atoms with Gasteiger partial charge in [0.15, 0.2) is 0 Å². The Morgan fingerprint density at radius 2 is 1.73 bits per heavy atom. The molecule has 0 rings (SSSR count). The molecule has 0 spiro atoms. The zero-order valence-electron chi connectivity index (χ0n) is 12.1. The smallest absolute Gasteiger partial charge is 0.326 e. The number of carboxylic acids is 2. The number of hydrogen-bond acceptors (Lipinski definition) is 6. The van der Waals surface area contributed by atoms with Crippen molar-refractivity contribution in [2.24, 2.45) is 11.5 Å². The van der Waals surface area contributed by atoms with Gasteiger partial charge in [0, 0.05) is 0 Å². The van der Waals surface area contributed by atoms with Gasteiger partial charge in [-0.1, -0.05) is 6.42 Å². The predicted octanol–water partition coefficient (Wildman–Crippen LogP) is -2.40. The second kappa shape index (κ2) is 10.5. The van der Waals surface area contributed by atoms with Crippen molar-refractivity contribution < 1.29 is 29.4 Å². The van der Waals surface area contributed by atoms with E-state index in [9.17, 15) is 19.2 Å². The second-order valence-electron chi connectivity index (χ2n) is 4.66. The van der Waals surface area contributed by atoms with Gasteiger partial charge in [0.1, 0.15) is 6.04 Å². The summed E-state index contributed by atoms with van der Waals surface area (Å²) in [5, 5.41) is 21.6. The number of nitrogens with one attached hydrogen (secondary N) is 2. The third-order valence-corrected chi connectivity index (χ3v) is 2.74. The van der Waals surface area contributed by atoms with Crippen LogP contribution in [0, 0.1) is 0 Å². The number of nitrogens with two attached hydrogens (primary N) is 2. The molecule has 0 aromatic carbocycles. The van der Waals surface area contributed by atoms with Crippen LogP contribution >= 0.6 is 0 Å². The molecular weight excluding hydrogens is 296 g/mol. The lowest BCUT2D eigenvalue weighted by Gasteiger charge is -2.14. The highest BCUT2D eigenvalue weighted by molar-refractivity contribution is 5.90. The first-order valence-corrected chi connectivity index (χ1v) is 6.75. The highest BCUT2D eigenvalue weighted by Crippen LogP contribution is 1.98. The molecule has 0 aliphatic heterocycles. The highest BCUT2D eigenvalue weighted by Gasteiger charge is 2.23. The molecule has 0 aromatic heterocycles. The summed E-state index contributed by atoms with van der Waals surface area (Å²) in [6.45, 7) is 0.0176. The van der Waals surface area contributed by atoms with Gasteiger partial charge in [-0.3, -0.25) is 14.4 Å². The lowest BCUT2D eigenvalue weighted by molar-refractivity contribution is -0.147. The molecule has 22 heavy (non-hydrogen) atoms. The molecule has 0 aromatic rings. The van der Waals surface area contributed by atoms with Gasteiger partial charge in [0.2, 0.25) is 11.8 Å². The maximum absolute atomic E-state index is 11.6. The summed E-state index contributed by atoms with van der Waals surface area (Å²) in [5.74, 6) is -4.19. The van der Waals surface area contributed by atoms with Crippen molar-refractivity contribution >= 4 is 23.8 Å². The molecular formula is C12H22N4O6. The van der Waals surface area contributed by atoms with Crippen molar-refractivity contribution in [1.29, 1.82) is 0 Å². The molecule has 0 bridgehead atoms. The largest absolute Gasteiger partial charge is 0.481 e. The van der Waals surface area contributed by atoms with Gasteiger partial charge in [0.05, 0.1) is 19.0 Å². The summed E-state index contributed by atoms with van der Waals surface area (Å²) in [4.78, 5) is 44.3. The maximum atomic E-state index is 11.6. The zero-order valence-corrected chi connectivity index (χ0v) is 12.1. The molecule has 10 heteroatoms. The summed E-state index contributed by atoms with van der Waals surface area (Å²) in [6, 6.07) is -2.34. The summed E-state index contributed by atoms with van der Waals surface area (Å²) in [7, 11) is 0. The van der Waals surface area contributed by atoms with E-state index in [0.29, 0.717) is 19.4 Å². The number of rotatable bonds is 11. The zero-order chi connectivity index (χ0) is 17.1. The Bertz CT molecular complexity index is 414. The molecule has 0 radical (unpaired) electrons. The fraction of sp³-hybridized carbons (Fsp3) is 0.667. The minimum Gasteiger partial charge on any atom is -0.481 e. The minimum absolute atomic E-state index is 0.418. The second-order valence-corrected chi connectivity index (χ2v) is 4.66. The van der Waals surface area contributed by atoms with E-state index in [-0.39, 0.29) is 0 Å². The number of carbonyl (C=O) groups excluding carboxylic acids is 2. The van der Waals surface area contributed by atoms with Crippen LogP contribution in [0.2, 0.25) is 0 Å². The van der Waals surface area contributed by atoms with Crippen molar-refractivity contribution in [3.05, 3.63) is 0 Å². The first-order chi connectivity index (χ1) is 10.3. The molecule has 126 valence electrons. The SMILES string of the molecule is NCCCCC(N)C(=O)NCC(=O)NC(CC(=O)O)C(=O)O. The van der Waals surface area contributed by atoms with Crippen molar-refractivity contribution in [3.8, 4) is 0 Å². The van der Waals surface area contributed by atoms with Gasteiger partial charge in [0.25, 0.3) is 0 Å². The van der Waals surface area contributed by atoms with Crippen LogP contribution in [0.5, 0.6) is 0 Å². The monoisotopic (exact) mass is 318 g/mol. The first-order valence-electron chi connectivity index (χ1n) is 6.75. The third kappa shape index (κ3) is 8.87. The topological polar surface area (TPSA) is 185 Å². The Labute approximate surface area is 127 Å². The van der Waals surface area contributed by atoms with Gasteiger partial charge in [-0.05, 0) is 19.4 Å². The summed E-state index contributed by atoms with van der Waals surface area (Å²) < 4.78 is 0. The Kier molecular flexibility index (Phi) is 9.46. The molecule has 8 N–H and O–H groups in total. The molecule has 0 heterocycles. The van der Waals surface area contributed by atoms with Crippen LogP contribution in [0.4, 0.5) is 0 Å². The molecule has 2 amide bonds. The van der Waals surface area contributed by atoms with Crippen molar-refractivity contribution in [2.75, 3.05) is 13.1 Å². The normalized spacial score (nSPS) is 13.0. The average Bonchev–Trinajstić information content (AvgIpc) is 2.43. The Morgan fingerprint density at radius 3 is 2.23 bits per heavy atom. The molecule has 2 unspecified atom stereocenters. The fourth-order valence-corrected chi connectivity index (χ4v) is 1.56. The van der Waals surface area contributed by atoms with Crippen LogP contribution in [0.25, 0.3) is 0 Å². The average molecular weight is 318 g/mol. The predicted molar refractivity (Wildman–Crippen MR) is 75.7 cm³/mol. The van der Waals surface area contributed by atoms with Crippen molar-refractivity contribution in [2.45, 2.75) is 37.8 Å². The third-order valence-electron chi connectivity index (χ3n) is 2.74. The molecule has 10 nitrogen and oxygen atoms in total. The summed E-state index contributed by atoms with van der Waals surface area (Å²) >= 11 is 0. The lowest BCUT2D eigenvalue weighted by atomic mass is 10.1. The van der Waals surface area contributed by atoms with Crippen LogP contribution < -0.4 is 22.1 Å².